The van der Waals surface area contributed by atoms with Crippen molar-refractivity contribution in [3.05, 3.63) is 28.8 Å². The van der Waals surface area contributed by atoms with E-state index in [1.165, 1.54) is 10.4 Å². The van der Waals surface area contributed by atoms with Crippen LogP contribution in [0.25, 0.3) is 0 Å². The van der Waals surface area contributed by atoms with Crippen molar-refractivity contribution in [1.29, 1.82) is 0 Å². The zero-order valence-corrected chi connectivity index (χ0v) is 12.5. The molecule has 8 heteroatoms. The maximum Gasteiger partial charge on any atom is 0.337 e. The molecule has 20 heavy (non-hydrogen) atoms. The van der Waals surface area contributed by atoms with E-state index in [1.54, 1.807) is 6.92 Å². The van der Waals surface area contributed by atoms with Crippen molar-refractivity contribution in [2.24, 2.45) is 0 Å². The number of carbonyl (C=O) groups is 1. The zero-order valence-electron chi connectivity index (χ0n) is 10.9. The molecule has 6 nitrogen and oxygen atoms in total. The van der Waals surface area contributed by atoms with Gasteiger partial charge in [-0.15, -0.1) is 0 Å². The summed E-state index contributed by atoms with van der Waals surface area (Å²) in [7, 11) is -3.74. The van der Waals surface area contributed by atoms with Crippen molar-refractivity contribution in [3.8, 4) is 0 Å². The molecule has 0 atom stereocenters. The van der Waals surface area contributed by atoms with E-state index in [1.807, 2.05) is 0 Å². The van der Waals surface area contributed by atoms with Crippen LogP contribution < -0.4 is 0 Å². The van der Waals surface area contributed by atoms with E-state index in [2.05, 4.69) is 0 Å². The quantitative estimate of drug-likeness (QED) is 0.792. The Morgan fingerprint density at radius 1 is 1.40 bits per heavy atom. The highest BCUT2D eigenvalue weighted by Crippen LogP contribution is 2.23. The molecule has 0 radical (unpaired) electrons. The van der Waals surface area contributed by atoms with Gasteiger partial charge >= 0.3 is 5.97 Å². The molecule has 0 bridgehead atoms. The second kappa shape index (κ2) is 7.03. The molecule has 0 aliphatic heterocycles. The van der Waals surface area contributed by atoms with E-state index in [0.29, 0.717) is 6.42 Å². The van der Waals surface area contributed by atoms with Crippen LogP contribution in [-0.4, -0.2) is 48.6 Å². The Morgan fingerprint density at radius 3 is 2.50 bits per heavy atom. The molecular formula is C12H16ClNO5S. The van der Waals surface area contributed by atoms with Gasteiger partial charge in [0.15, 0.2) is 0 Å². The second-order valence-corrected chi connectivity index (χ2v) is 6.37. The smallest absolute Gasteiger partial charge is 0.337 e. The lowest BCUT2D eigenvalue weighted by Crippen LogP contribution is -2.32. The minimum atomic E-state index is -3.74. The van der Waals surface area contributed by atoms with Crippen molar-refractivity contribution in [2.75, 3.05) is 19.7 Å². The van der Waals surface area contributed by atoms with Crippen molar-refractivity contribution >= 4 is 27.6 Å². The summed E-state index contributed by atoms with van der Waals surface area (Å²) in [6.45, 7) is 2.02. The Hall–Kier alpha value is -1.15. The molecule has 2 N–H and O–H groups in total. The number of sulfonamides is 1. The summed E-state index contributed by atoms with van der Waals surface area (Å²) in [6.07, 6.45) is 0.327. The lowest BCUT2D eigenvalue weighted by molar-refractivity contribution is 0.0697. The molecule has 0 fully saturated rings. The molecule has 0 saturated carbocycles. The number of benzene rings is 1. The predicted octanol–water partition coefficient (Wildman–Crippen LogP) is 1.43. The first-order chi connectivity index (χ1) is 9.34. The van der Waals surface area contributed by atoms with E-state index in [0.717, 1.165) is 12.1 Å². The number of aromatic carboxylic acids is 1. The second-order valence-electron chi connectivity index (χ2n) is 4.02. The summed E-state index contributed by atoms with van der Waals surface area (Å²) in [5, 5.41) is 17.5. The van der Waals surface area contributed by atoms with Gasteiger partial charge in [-0.25, -0.2) is 13.2 Å². The van der Waals surface area contributed by atoms with Crippen molar-refractivity contribution in [2.45, 2.75) is 18.2 Å². The van der Waals surface area contributed by atoms with Crippen LogP contribution in [0.5, 0.6) is 0 Å². The summed E-state index contributed by atoms with van der Waals surface area (Å²) >= 11 is 5.78. The first-order valence-corrected chi connectivity index (χ1v) is 7.80. The molecular weight excluding hydrogens is 306 g/mol. The fourth-order valence-corrected chi connectivity index (χ4v) is 3.51. The van der Waals surface area contributed by atoms with E-state index in [4.69, 9.17) is 21.8 Å². The van der Waals surface area contributed by atoms with Gasteiger partial charge in [0, 0.05) is 19.7 Å². The molecule has 0 heterocycles. The lowest BCUT2D eigenvalue weighted by Gasteiger charge is -2.20. The first kappa shape index (κ1) is 16.9. The van der Waals surface area contributed by atoms with Gasteiger partial charge in [-0.1, -0.05) is 18.5 Å². The maximum atomic E-state index is 12.3. The fourth-order valence-electron chi connectivity index (χ4n) is 1.67. The molecule has 0 unspecified atom stereocenters. The number of aliphatic hydroxyl groups is 1. The van der Waals surface area contributed by atoms with Gasteiger partial charge in [-0.05, 0) is 24.6 Å². The third kappa shape index (κ3) is 3.69. The SMILES string of the molecule is CCN(CCCO)S(=O)(=O)c1ccc(C(=O)O)c(Cl)c1. The fraction of sp³-hybridized carbons (Fsp3) is 0.417. The predicted molar refractivity (Wildman–Crippen MR) is 74.5 cm³/mol. The Labute approximate surface area is 122 Å². The Morgan fingerprint density at radius 2 is 2.05 bits per heavy atom. The highest BCUT2D eigenvalue weighted by atomic mass is 35.5. The van der Waals surface area contributed by atoms with Gasteiger partial charge in [0.25, 0.3) is 0 Å². The normalized spacial score (nSPS) is 11.8. The maximum absolute atomic E-state index is 12.3. The third-order valence-corrected chi connectivity index (χ3v) is 5.01. The van der Waals surface area contributed by atoms with Crippen LogP contribution in [0.1, 0.15) is 23.7 Å². The monoisotopic (exact) mass is 321 g/mol. The minimum Gasteiger partial charge on any atom is -0.478 e. The topological polar surface area (TPSA) is 94.9 Å². The minimum absolute atomic E-state index is 0.0627. The summed E-state index contributed by atoms with van der Waals surface area (Å²) in [5.74, 6) is -1.22. The van der Waals surface area contributed by atoms with Gasteiger partial charge in [0.05, 0.1) is 15.5 Å². The van der Waals surface area contributed by atoms with E-state index >= 15 is 0 Å². The number of hydrogen-bond donors (Lipinski definition) is 2. The highest BCUT2D eigenvalue weighted by Gasteiger charge is 2.24. The van der Waals surface area contributed by atoms with Crippen LogP contribution in [0.2, 0.25) is 5.02 Å². The number of carboxylic acid groups (broad SMARTS) is 1. The van der Waals surface area contributed by atoms with Crippen molar-refractivity contribution in [3.63, 3.8) is 0 Å². The highest BCUT2D eigenvalue weighted by molar-refractivity contribution is 7.89. The summed E-state index contributed by atoms with van der Waals surface area (Å²) in [6, 6.07) is 3.51. The molecule has 0 aromatic heterocycles. The molecule has 1 rings (SSSR count). The van der Waals surface area contributed by atoms with E-state index < -0.39 is 16.0 Å². The third-order valence-electron chi connectivity index (χ3n) is 2.73. The molecule has 0 aliphatic rings. The Balaban J connectivity index is 3.15. The number of halogens is 1. The number of hydrogen-bond acceptors (Lipinski definition) is 4. The lowest BCUT2D eigenvalue weighted by atomic mass is 10.2. The van der Waals surface area contributed by atoms with Gasteiger partial charge in [0.1, 0.15) is 0 Å². The number of carboxylic acids is 1. The van der Waals surface area contributed by atoms with Crippen LogP contribution in [0.15, 0.2) is 23.1 Å². The Kier molecular flexibility index (Phi) is 5.94. The van der Waals surface area contributed by atoms with Crippen molar-refractivity contribution < 1.29 is 23.4 Å². The van der Waals surface area contributed by atoms with Crippen LogP contribution in [0, 0.1) is 0 Å². The van der Waals surface area contributed by atoms with Gasteiger partial charge < -0.3 is 10.2 Å². The molecule has 0 amide bonds. The number of aliphatic hydroxyl groups excluding tert-OH is 1. The van der Waals surface area contributed by atoms with Crippen LogP contribution in [-0.2, 0) is 10.0 Å². The molecule has 0 spiro atoms. The zero-order chi connectivity index (χ0) is 15.3. The summed E-state index contributed by atoms with van der Waals surface area (Å²) in [4.78, 5) is 10.8. The summed E-state index contributed by atoms with van der Waals surface area (Å²) in [5.41, 5.74) is -0.149. The average molecular weight is 322 g/mol. The van der Waals surface area contributed by atoms with E-state index in [9.17, 15) is 13.2 Å². The number of rotatable bonds is 7. The molecule has 0 saturated heterocycles. The van der Waals surface area contributed by atoms with Gasteiger partial charge in [-0.3, -0.25) is 0 Å². The molecule has 0 aliphatic carbocycles. The van der Waals surface area contributed by atoms with Crippen molar-refractivity contribution in [1.82, 2.24) is 4.31 Å². The molecule has 1 aromatic carbocycles. The van der Waals surface area contributed by atoms with Gasteiger partial charge in [0.2, 0.25) is 10.0 Å². The molecule has 112 valence electrons. The number of nitrogens with zero attached hydrogens (tertiary/aromatic N) is 1. The first-order valence-electron chi connectivity index (χ1n) is 5.98. The molecule has 1 aromatic rings. The largest absolute Gasteiger partial charge is 0.478 e. The van der Waals surface area contributed by atoms with Gasteiger partial charge in [-0.2, -0.15) is 4.31 Å². The van der Waals surface area contributed by atoms with Crippen LogP contribution in [0.3, 0.4) is 0 Å². The van der Waals surface area contributed by atoms with E-state index in [-0.39, 0.29) is 35.2 Å². The standard InChI is InChI=1S/C12H16ClNO5S/c1-2-14(6-3-7-15)20(18,19)9-4-5-10(12(16)17)11(13)8-9/h4-5,8,15H,2-3,6-7H2,1H3,(H,16,17). The average Bonchev–Trinajstić information content (AvgIpc) is 2.38. The van der Waals surface area contributed by atoms with Crippen LogP contribution in [0.4, 0.5) is 0 Å². The summed E-state index contributed by atoms with van der Waals surface area (Å²) < 4.78 is 25.9. The Bertz CT molecular complexity index is 588. The van der Waals surface area contributed by atoms with Crippen LogP contribution >= 0.6 is 11.6 Å².